The number of amides is 1. The van der Waals surface area contributed by atoms with E-state index in [0.717, 1.165) is 36.1 Å². The number of nitrogens with zero attached hydrogens (tertiary/aromatic N) is 1. The van der Waals surface area contributed by atoms with Crippen molar-refractivity contribution in [3.8, 4) is 11.5 Å². The molecule has 246 valence electrons. The number of nitrogens with one attached hydrogen (secondary N) is 1. The van der Waals surface area contributed by atoms with E-state index in [2.05, 4.69) is 5.32 Å². The van der Waals surface area contributed by atoms with Crippen molar-refractivity contribution in [2.24, 2.45) is 0 Å². The highest BCUT2D eigenvalue weighted by Crippen LogP contribution is 2.39. The van der Waals surface area contributed by atoms with Crippen molar-refractivity contribution < 1.29 is 50.5 Å². The van der Waals surface area contributed by atoms with Crippen LogP contribution in [0.15, 0.2) is 60.2 Å². The van der Waals surface area contributed by atoms with Gasteiger partial charge in [0, 0.05) is 24.7 Å². The van der Waals surface area contributed by atoms with Crippen molar-refractivity contribution in [1.82, 2.24) is 10.2 Å². The first-order valence-electron chi connectivity index (χ1n) is 14.1. The molecule has 0 atom stereocenters. The van der Waals surface area contributed by atoms with E-state index in [1.54, 1.807) is 29.2 Å². The Morgan fingerprint density at radius 1 is 1.00 bits per heavy atom. The van der Waals surface area contributed by atoms with Crippen LogP contribution in [-0.4, -0.2) is 54.7 Å². The average molecular weight is 671 g/mol. The molecule has 0 spiro atoms. The maximum atomic E-state index is 13.8. The number of carboxylic acid groups (broad SMARTS) is 1. The monoisotopic (exact) mass is 670 g/mol. The molecule has 0 unspecified atom stereocenters. The molecule has 1 aliphatic carbocycles. The second-order valence-electron chi connectivity index (χ2n) is 10.3. The number of carbonyl (C=O) groups is 2. The van der Waals surface area contributed by atoms with Gasteiger partial charge in [-0.05, 0) is 72.8 Å². The van der Waals surface area contributed by atoms with Crippen LogP contribution >= 0.6 is 11.6 Å². The first-order valence-corrected chi connectivity index (χ1v) is 14.5. The summed E-state index contributed by atoms with van der Waals surface area (Å²) in [4.78, 5) is 23.8. The van der Waals surface area contributed by atoms with E-state index in [4.69, 9.17) is 31.0 Å². The minimum atomic E-state index is -4.61. The van der Waals surface area contributed by atoms with Crippen molar-refractivity contribution >= 4 is 29.6 Å². The fourth-order valence-corrected chi connectivity index (χ4v) is 5.23. The van der Waals surface area contributed by atoms with Crippen LogP contribution in [0.1, 0.15) is 36.0 Å². The Labute approximate surface area is 265 Å². The fraction of sp³-hybridized carbons (Fsp3) is 0.312. The number of benzene rings is 3. The Hall–Kier alpha value is -4.23. The first-order chi connectivity index (χ1) is 22.0. The lowest BCUT2D eigenvalue weighted by molar-refractivity contribution is -0.137. The molecule has 1 aliphatic heterocycles. The normalized spacial score (nSPS) is 14.7. The molecule has 3 aromatic rings. The van der Waals surface area contributed by atoms with Crippen molar-refractivity contribution in [3.05, 3.63) is 99.3 Å². The van der Waals surface area contributed by atoms with Gasteiger partial charge in [-0.3, -0.25) is 9.59 Å². The van der Waals surface area contributed by atoms with Crippen molar-refractivity contribution in [1.29, 1.82) is 0 Å². The zero-order valence-corrected chi connectivity index (χ0v) is 24.9. The summed E-state index contributed by atoms with van der Waals surface area (Å²) in [5.74, 6) is -4.30. The molecule has 2 N–H and O–H groups in total. The lowest BCUT2D eigenvalue weighted by Crippen LogP contribution is -2.39. The molecule has 5 rings (SSSR count). The number of ether oxygens (including phenoxy) is 2. The molecule has 7 nitrogen and oxygen atoms in total. The van der Waals surface area contributed by atoms with Crippen LogP contribution in [-0.2, 0) is 22.3 Å². The lowest BCUT2D eigenvalue weighted by atomic mass is 9.93. The van der Waals surface area contributed by atoms with Crippen molar-refractivity contribution in [2.45, 2.75) is 38.0 Å². The predicted octanol–water partition coefficient (Wildman–Crippen LogP) is 6.87. The predicted molar refractivity (Wildman–Crippen MR) is 157 cm³/mol. The molecule has 2 aliphatic rings. The van der Waals surface area contributed by atoms with Gasteiger partial charge < -0.3 is 24.8 Å². The molecule has 14 heteroatoms. The molecular weight excluding hydrogens is 642 g/mol. The van der Waals surface area contributed by atoms with Crippen LogP contribution in [0.4, 0.5) is 26.3 Å². The van der Waals surface area contributed by atoms with Crippen molar-refractivity contribution in [3.63, 3.8) is 0 Å². The lowest BCUT2D eigenvalue weighted by Gasteiger charge is -2.29. The topological polar surface area (TPSA) is 88.1 Å². The molecule has 1 heterocycles. The summed E-state index contributed by atoms with van der Waals surface area (Å²) in [5, 5.41) is 9.69. The molecule has 0 bridgehead atoms. The minimum absolute atomic E-state index is 0.0404. The van der Waals surface area contributed by atoms with Crippen LogP contribution in [0.25, 0.3) is 5.57 Å². The van der Waals surface area contributed by atoms with E-state index >= 15 is 0 Å². The summed E-state index contributed by atoms with van der Waals surface area (Å²) in [6, 6.07) is 12.0. The van der Waals surface area contributed by atoms with Gasteiger partial charge in [0.25, 0.3) is 12.4 Å². The maximum absolute atomic E-state index is 13.8. The molecule has 1 amide bonds. The van der Waals surface area contributed by atoms with Gasteiger partial charge in [0.15, 0.2) is 17.4 Å². The number of halogens is 7. The highest BCUT2D eigenvalue weighted by atomic mass is 35.5. The SMILES string of the molecule is O=C(C1=C(c2ccc(OCCOc3c(F)ccc(F)c3F)cc2)CCNC1)N(Cc1cccc(C(F)(F)F)c1Cl)C1CC1.O=CO. The van der Waals surface area contributed by atoms with E-state index < -0.39 is 40.0 Å². The van der Waals surface area contributed by atoms with E-state index in [1.807, 2.05) is 0 Å². The standard InChI is InChI=1S/C31H27ClF6N2O3.CH2O2/c32-27-19(2-1-3-24(27)31(36,37)38)17-40(20-6-7-20)30(41)23-16-39-13-12-22(23)18-4-8-21(9-5-18)42-14-15-43-29-26(34)11-10-25(33)28(29)35;2-1-3/h1-5,8-11,20,39H,6-7,12-17H2;1H,(H,2,3). The Morgan fingerprint density at radius 2 is 1.65 bits per heavy atom. The van der Waals surface area contributed by atoms with Gasteiger partial charge >= 0.3 is 6.18 Å². The molecule has 0 aromatic heterocycles. The van der Waals surface area contributed by atoms with Gasteiger partial charge in [0.1, 0.15) is 19.0 Å². The molecular formula is C32H29ClF6N2O5. The van der Waals surface area contributed by atoms with E-state index in [0.29, 0.717) is 36.9 Å². The Balaban J connectivity index is 0.00000154. The minimum Gasteiger partial charge on any atom is -0.490 e. The van der Waals surface area contributed by atoms with Crippen LogP contribution in [0.5, 0.6) is 11.5 Å². The zero-order valence-electron chi connectivity index (χ0n) is 24.2. The third-order valence-electron chi connectivity index (χ3n) is 7.25. The smallest absolute Gasteiger partial charge is 0.417 e. The van der Waals surface area contributed by atoms with Gasteiger partial charge in [-0.25, -0.2) is 8.78 Å². The summed E-state index contributed by atoms with van der Waals surface area (Å²) in [7, 11) is 0. The summed E-state index contributed by atoms with van der Waals surface area (Å²) in [6.45, 7) is 0.344. The number of rotatable bonds is 10. The van der Waals surface area contributed by atoms with Crippen LogP contribution < -0.4 is 14.8 Å². The van der Waals surface area contributed by atoms with Gasteiger partial charge in [-0.2, -0.15) is 17.6 Å². The first kappa shape index (κ1) is 34.6. The maximum Gasteiger partial charge on any atom is 0.417 e. The van der Waals surface area contributed by atoms with Crippen LogP contribution in [0.2, 0.25) is 5.02 Å². The highest BCUT2D eigenvalue weighted by Gasteiger charge is 2.38. The van der Waals surface area contributed by atoms with Crippen LogP contribution in [0, 0.1) is 17.5 Å². The van der Waals surface area contributed by atoms with E-state index in [9.17, 15) is 31.1 Å². The Bertz CT molecular complexity index is 1580. The molecule has 46 heavy (non-hydrogen) atoms. The summed E-state index contributed by atoms with van der Waals surface area (Å²) < 4.78 is 91.6. The number of hydrogen-bond acceptors (Lipinski definition) is 5. The third-order valence-corrected chi connectivity index (χ3v) is 7.70. The zero-order chi connectivity index (χ0) is 33.4. The Kier molecular flexibility index (Phi) is 11.6. The summed E-state index contributed by atoms with van der Waals surface area (Å²) >= 11 is 6.14. The molecule has 3 aromatic carbocycles. The van der Waals surface area contributed by atoms with Gasteiger partial charge in [-0.15, -0.1) is 0 Å². The second-order valence-corrected chi connectivity index (χ2v) is 10.7. The number of alkyl halides is 3. The summed E-state index contributed by atoms with van der Waals surface area (Å²) in [5.41, 5.74) is 1.43. The van der Waals surface area contributed by atoms with Gasteiger partial charge in [0.05, 0.1) is 10.6 Å². The quantitative estimate of drug-likeness (QED) is 0.106. The highest BCUT2D eigenvalue weighted by molar-refractivity contribution is 6.32. The summed E-state index contributed by atoms with van der Waals surface area (Å²) in [6.07, 6.45) is -2.54. The van der Waals surface area contributed by atoms with Gasteiger partial charge in [-0.1, -0.05) is 35.9 Å². The third kappa shape index (κ3) is 8.52. The van der Waals surface area contributed by atoms with Gasteiger partial charge in [0.2, 0.25) is 5.82 Å². The molecule has 1 fully saturated rings. The van der Waals surface area contributed by atoms with Crippen LogP contribution in [0.3, 0.4) is 0 Å². The second kappa shape index (κ2) is 15.4. The fourth-order valence-electron chi connectivity index (χ4n) is 4.93. The van der Waals surface area contributed by atoms with E-state index in [-0.39, 0.29) is 43.7 Å². The van der Waals surface area contributed by atoms with E-state index in [1.165, 1.54) is 12.1 Å². The number of carbonyl (C=O) groups excluding carboxylic acids is 1. The molecule has 1 saturated carbocycles. The largest absolute Gasteiger partial charge is 0.490 e. The number of hydrogen-bond donors (Lipinski definition) is 2. The average Bonchev–Trinajstić information content (AvgIpc) is 3.87. The Morgan fingerprint density at radius 3 is 2.30 bits per heavy atom. The molecule has 0 saturated heterocycles. The molecule has 0 radical (unpaired) electrons. The van der Waals surface area contributed by atoms with Crippen molar-refractivity contribution in [2.75, 3.05) is 26.3 Å².